The summed E-state index contributed by atoms with van der Waals surface area (Å²) in [5.74, 6) is 0.443. The maximum Gasteiger partial charge on any atom is 0.307 e. The second-order valence-electron chi connectivity index (χ2n) is 5.70. The molecule has 0 saturated heterocycles. The number of hydrogen-bond donors (Lipinski definition) is 1. The van der Waals surface area contributed by atoms with Crippen molar-refractivity contribution in [3.05, 3.63) is 35.4 Å². The lowest BCUT2D eigenvalue weighted by atomic mass is 10.0. The van der Waals surface area contributed by atoms with Gasteiger partial charge in [0.15, 0.2) is 0 Å². The summed E-state index contributed by atoms with van der Waals surface area (Å²) in [6, 6.07) is 8.62. The highest BCUT2D eigenvalue weighted by atomic mass is 16.5. The van der Waals surface area contributed by atoms with Crippen molar-refractivity contribution in [2.75, 3.05) is 13.2 Å². The Balaban J connectivity index is 2.60. The maximum absolute atomic E-state index is 11.7. The van der Waals surface area contributed by atoms with Crippen LogP contribution in [0.1, 0.15) is 38.3 Å². The highest BCUT2D eigenvalue weighted by Gasteiger charge is 2.15. The molecule has 1 aromatic rings. The van der Waals surface area contributed by atoms with Crippen LogP contribution in [0, 0.1) is 12.8 Å². The van der Waals surface area contributed by atoms with Crippen LogP contribution in [-0.4, -0.2) is 25.2 Å². The minimum atomic E-state index is -0.124. The molecular formula is C17H27NO2. The predicted molar refractivity (Wildman–Crippen MR) is 82.8 cm³/mol. The summed E-state index contributed by atoms with van der Waals surface area (Å²) in [5, 5.41) is 3.47. The molecule has 0 spiro atoms. The van der Waals surface area contributed by atoms with Crippen molar-refractivity contribution in [1.29, 1.82) is 0 Å². The number of benzene rings is 1. The van der Waals surface area contributed by atoms with E-state index < -0.39 is 0 Å². The lowest BCUT2D eigenvalue weighted by molar-refractivity contribution is -0.143. The van der Waals surface area contributed by atoms with Crippen molar-refractivity contribution in [2.45, 2.75) is 46.6 Å². The van der Waals surface area contributed by atoms with E-state index in [1.165, 1.54) is 11.1 Å². The van der Waals surface area contributed by atoms with Crippen molar-refractivity contribution in [1.82, 2.24) is 5.32 Å². The minimum absolute atomic E-state index is 0.124. The highest BCUT2D eigenvalue weighted by molar-refractivity contribution is 5.70. The number of hydrogen-bond acceptors (Lipinski definition) is 3. The van der Waals surface area contributed by atoms with Gasteiger partial charge in [-0.25, -0.2) is 0 Å². The molecule has 3 heteroatoms. The molecule has 0 aliphatic carbocycles. The van der Waals surface area contributed by atoms with Crippen LogP contribution < -0.4 is 5.32 Å². The molecule has 0 bridgehead atoms. The predicted octanol–water partition coefficient (Wildman–Crippen LogP) is 3.10. The van der Waals surface area contributed by atoms with Gasteiger partial charge in [-0.15, -0.1) is 0 Å². The van der Waals surface area contributed by atoms with Crippen LogP contribution in [0.25, 0.3) is 0 Å². The zero-order valence-corrected chi connectivity index (χ0v) is 13.1. The van der Waals surface area contributed by atoms with Crippen molar-refractivity contribution >= 4 is 5.97 Å². The third-order valence-corrected chi connectivity index (χ3v) is 3.14. The van der Waals surface area contributed by atoms with E-state index in [4.69, 9.17) is 4.74 Å². The Morgan fingerprint density at radius 3 is 2.45 bits per heavy atom. The van der Waals surface area contributed by atoms with Gasteiger partial charge in [-0.1, -0.05) is 43.7 Å². The molecule has 0 aliphatic rings. The Morgan fingerprint density at radius 2 is 1.90 bits per heavy atom. The maximum atomic E-state index is 11.7. The third kappa shape index (κ3) is 6.71. The summed E-state index contributed by atoms with van der Waals surface area (Å²) in [4.78, 5) is 11.7. The summed E-state index contributed by atoms with van der Waals surface area (Å²) in [6.45, 7) is 9.61. The van der Waals surface area contributed by atoms with Gasteiger partial charge in [-0.2, -0.15) is 0 Å². The molecule has 3 nitrogen and oxygen atoms in total. The summed E-state index contributed by atoms with van der Waals surface area (Å²) in [6.07, 6.45) is 1.28. The minimum Gasteiger partial charge on any atom is -0.466 e. The van der Waals surface area contributed by atoms with Gasteiger partial charge in [0, 0.05) is 6.04 Å². The van der Waals surface area contributed by atoms with E-state index in [-0.39, 0.29) is 12.0 Å². The molecule has 0 aliphatic heterocycles. The number of rotatable bonds is 8. The van der Waals surface area contributed by atoms with Crippen LogP contribution in [0.4, 0.5) is 0 Å². The van der Waals surface area contributed by atoms with E-state index in [9.17, 15) is 4.79 Å². The monoisotopic (exact) mass is 277 g/mol. The second-order valence-corrected chi connectivity index (χ2v) is 5.70. The fourth-order valence-electron chi connectivity index (χ4n) is 2.05. The summed E-state index contributed by atoms with van der Waals surface area (Å²) in [7, 11) is 0. The Bertz CT molecular complexity index is 398. The van der Waals surface area contributed by atoms with E-state index in [1.54, 1.807) is 0 Å². The first-order chi connectivity index (χ1) is 9.51. The van der Waals surface area contributed by atoms with Gasteiger partial charge < -0.3 is 10.1 Å². The van der Waals surface area contributed by atoms with Gasteiger partial charge in [0.25, 0.3) is 0 Å². The lowest BCUT2D eigenvalue weighted by Gasteiger charge is -2.19. The van der Waals surface area contributed by atoms with E-state index in [1.807, 2.05) is 6.92 Å². The lowest BCUT2D eigenvalue weighted by Crippen LogP contribution is -2.36. The molecule has 1 rings (SSSR count). The normalized spacial score (nSPS) is 12.4. The fourth-order valence-corrected chi connectivity index (χ4v) is 2.05. The second kappa shape index (κ2) is 8.75. The molecule has 0 fully saturated rings. The number of ether oxygens (including phenoxy) is 1. The Morgan fingerprint density at radius 1 is 1.25 bits per heavy atom. The van der Waals surface area contributed by atoms with Crippen LogP contribution in [-0.2, 0) is 16.0 Å². The van der Waals surface area contributed by atoms with Crippen molar-refractivity contribution in [2.24, 2.45) is 5.92 Å². The Hall–Kier alpha value is -1.35. The van der Waals surface area contributed by atoms with Gasteiger partial charge in [-0.3, -0.25) is 4.79 Å². The Labute approximate surface area is 122 Å². The van der Waals surface area contributed by atoms with Crippen LogP contribution in [0.5, 0.6) is 0 Å². The van der Waals surface area contributed by atoms with Crippen LogP contribution >= 0.6 is 0 Å². The molecule has 0 saturated carbocycles. The number of esters is 1. The number of aryl methyl sites for hydroxylation is 1. The van der Waals surface area contributed by atoms with Crippen LogP contribution in [0.2, 0.25) is 0 Å². The number of carbonyl (C=O) groups excluding carboxylic acids is 1. The molecular weight excluding hydrogens is 250 g/mol. The van der Waals surface area contributed by atoms with E-state index in [0.29, 0.717) is 18.9 Å². The molecule has 1 N–H and O–H groups in total. The average Bonchev–Trinajstić information content (AvgIpc) is 2.39. The van der Waals surface area contributed by atoms with Gasteiger partial charge in [0.1, 0.15) is 0 Å². The van der Waals surface area contributed by atoms with Gasteiger partial charge in [-0.05, 0) is 38.3 Å². The average molecular weight is 277 g/mol. The highest BCUT2D eigenvalue weighted by Crippen LogP contribution is 2.09. The van der Waals surface area contributed by atoms with E-state index in [2.05, 4.69) is 50.4 Å². The van der Waals surface area contributed by atoms with Crippen molar-refractivity contribution in [3.8, 4) is 0 Å². The zero-order valence-electron chi connectivity index (χ0n) is 13.1. The molecule has 1 aromatic carbocycles. The molecule has 0 amide bonds. The molecule has 1 unspecified atom stereocenters. The van der Waals surface area contributed by atoms with Crippen LogP contribution in [0.3, 0.4) is 0 Å². The van der Waals surface area contributed by atoms with Crippen LogP contribution in [0.15, 0.2) is 24.3 Å². The zero-order chi connectivity index (χ0) is 15.0. The van der Waals surface area contributed by atoms with E-state index >= 15 is 0 Å². The fraction of sp³-hybridized carbons (Fsp3) is 0.588. The quantitative estimate of drug-likeness (QED) is 0.742. The largest absolute Gasteiger partial charge is 0.466 e. The van der Waals surface area contributed by atoms with Gasteiger partial charge >= 0.3 is 5.97 Å². The number of carbonyl (C=O) groups is 1. The smallest absolute Gasteiger partial charge is 0.307 e. The first kappa shape index (κ1) is 16.7. The molecule has 112 valence electrons. The Kier molecular flexibility index (Phi) is 7.31. The summed E-state index contributed by atoms with van der Waals surface area (Å²) in [5.41, 5.74) is 2.51. The molecule has 0 radical (unpaired) electrons. The SMILES string of the molecule is CCOC(=O)CC(Cc1ccc(C)cc1)NCC(C)C. The van der Waals surface area contributed by atoms with E-state index in [0.717, 1.165) is 13.0 Å². The van der Waals surface area contributed by atoms with Crippen molar-refractivity contribution in [3.63, 3.8) is 0 Å². The topological polar surface area (TPSA) is 38.3 Å². The molecule has 1 atom stereocenters. The first-order valence-corrected chi connectivity index (χ1v) is 7.45. The molecule has 20 heavy (non-hydrogen) atoms. The summed E-state index contributed by atoms with van der Waals surface area (Å²) >= 11 is 0. The molecule has 0 aromatic heterocycles. The summed E-state index contributed by atoms with van der Waals surface area (Å²) < 4.78 is 5.06. The first-order valence-electron chi connectivity index (χ1n) is 7.45. The molecule has 0 heterocycles. The standard InChI is InChI=1S/C17H27NO2/c1-5-20-17(19)11-16(18-12-13(2)3)10-15-8-6-14(4)7-9-15/h6-9,13,16,18H,5,10-12H2,1-4H3. The van der Waals surface area contributed by atoms with Gasteiger partial charge in [0.05, 0.1) is 13.0 Å². The number of nitrogens with one attached hydrogen (secondary N) is 1. The van der Waals surface area contributed by atoms with Crippen molar-refractivity contribution < 1.29 is 9.53 Å². The third-order valence-electron chi connectivity index (χ3n) is 3.14. The van der Waals surface area contributed by atoms with Gasteiger partial charge in [0.2, 0.25) is 0 Å².